The Kier molecular flexibility index (Phi) is 10.8. The number of hydrogen-bond acceptors (Lipinski definition) is 7. The number of amides is 5. The molecule has 0 radical (unpaired) electrons. The number of esters is 1. The maximum Gasteiger partial charge on any atom is 0.329 e. The monoisotopic (exact) mass is 707 g/mol. The number of rotatable bonds is 12. The topological polar surface area (TPSA) is 177 Å². The average molecular weight is 709 g/mol. The van der Waals surface area contributed by atoms with Gasteiger partial charge in [-0.3, -0.25) is 19.2 Å². The molecule has 0 bridgehead atoms. The molecule has 1 aliphatic heterocycles. The molecular weight excluding hydrogens is 661 g/mol. The van der Waals surface area contributed by atoms with Gasteiger partial charge in [0.15, 0.2) is 0 Å². The Morgan fingerprint density at radius 1 is 0.938 bits per heavy atom. The van der Waals surface area contributed by atoms with Crippen LogP contribution in [0.25, 0.3) is 0 Å². The van der Waals surface area contributed by atoms with E-state index < -0.39 is 92.8 Å². The van der Waals surface area contributed by atoms with E-state index in [9.17, 15) is 28.8 Å². The molecule has 5 amide bonds. The molecule has 0 aromatic heterocycles. The van der Waals surface area contributed by atoms with Gasteiger partial charge < -0.3 is 31.3 Å². The highest BCUT2D eigenvalue weighted by Crippen LogP contribution is 2.65. The third-order valence-corrected chi connectivity index (χ3v) is 10.4. The average Bonchev–Trinajstić information content (AvgIpc) is 3.84. The number of alkyl halides is 2. The number of primary amides is 1. The van der Waals surface area contributed by atoms with Gasteiger partial charge in [-0.05, 0) is 35.7 Å². The van der Waals surface area contributed by atoms with Crippen molar-refractivity contribution in [2.45, 2.75) is 102 Å². The molecule has 12 nitrogen and oxygen atoms in total. The largest absolute Gasteiger partial charge is 0.456 e. The molecule has 1 aromatic carbocycles. The number of ether oxygens (including phenoxy) is 1. The number of fused-ring (bicyclic) bond motifs is 1. The number of nitrogens with one attached hydrogen (secondary N) is 3. The lowest BCUT2D eigenvalue weighted by molar-refractivity contribution is -0.153. The molecule has 5 N–H and O–H groups in total. The van der Waals surface area contributed by atoms with Crippen LogP contribution in [0.2, 0.25) is 0 Å². The molecule has 1 aromatic rings. The molecule has 264 valence electrons. The number of ketones is 1. The van der Waals surface area contributed by atoms with Crippen molar-refractivity contribution in [3.63, 3.8) is 0 Å². The maximum atomic E-state index is 14.2. The van der Waals surface area contributed by atoms with Crippen LogP contribution in [-0.2, 0) is 28.7 Å². The molecule has 1 unspecified atom stereocenters. The van der Waals surface area contributed by atoms with E-state index in [-0.39, 0.29) is 18.9 Å². The van der Waals surface area contributed by atoms with Gasteiger partial charge in [-0.1, -0.05) is 84.7 Å². The van der Waals surface area contributed by atoms with Crippen LogP contribution >= 0.6 is 23.2 Å². The Morgan fingerprint density at radius 3 is 2.02 bits per heavy atom. The predicted molar refractivity (Wildman–Crippen MR) is 179 cm³/mol. The summed E-state index contributed by atoms with van der Waals surface area (Å²) >= 11 is 13.0. The summed E-state index contributed by atoms with van der Waals surface area (Å²) in [4.78, 5) is 80.5. The summed E-state index contributed by atoms with van der Waals surface area (Å²) in [5.74, 6) is -4.85. The first-order chi connectivity index (χ1) is 22.1. The standard InChI is InChI=1S/C34H47Cl2N5O7/c1-17(19-11-9-8-10-12-19)48-30(46)26(33(5,6)7)40-31(47)39-25(32(2,3)4)29(45)41-16-20-22(34(20,35)36)23(41)28(44)38-21(15-18-13-14-18)24(42)27(37)43/h8-12,17-18,20-23,25-26H,13-16H2,1-7H3,(H2,37,43)(H,38,44)(H2,39,40,47)/t17-,20-,21?,22-,23-,25+,26+/m0/s1. The molecule has 0 spiro atoms. The number of halogens is 2. The number of nitrogens with two attached hydrogens (primary N) is 1. The van der Waals surface area contributed by atoms with Gasteiger partial charge in [0.2, 0.25) is 17.6 Å². The van der Waals surface area contributed by atoms with E-state index in [1.807, 2.05) is 30.3 Å². The molecule has 2 saturated carbocycles. The van der Waals surface area contributed by atoms with Gasteiger partial charge in [-0.2, -0.15) is 0 Å². The normalized spacial score (nSPS) is 23.9. The molecule has 3 fully saturated rings. The Balaban J connectivity index is 1.51. The number of benzene rings is 1. The zero-order chi connectivity index (χ0) is 35.9. The van der Waals surface area contributed by atoms with E-state index in [0.29, 0.717) is 0 Å². The van der Waals surface area contributed by atoms with E-state index in [1.54, 1.807) is 48.5 Å². The minimum atomic E-state index is -1.27. The Bertz CT molecular complexity index is 1440. The van der Waals surface area contributed by atoms with Crippen molar-refractivity contribution in [1.29, 1.82) is 0 Å². The summed E-state index contributed by atoms with van der Waals surface area (Å²) in [5, 5.41) is 8.07. The minimum Gasteiger partial charge on any atom is -0.456 e. The predicted octanol–water partition coefficient (Wildman–Crippen LogP) is 3.39. The Morgan fingerprint density at radius 2 is 1.50 bits per heavy atom. The SMILES string of the molecule is C[C@H](OC(=O)[C@@H](NC(=O)N[C@H](C(=O)N1C[C@H]2[C@@H]([C@H]1C(=O)NC(CC1CC1)C(=O)C(N)=O)C2(Cl)Cl)C(C)(C)C)C(C)(C)C)c1ccccc1. The van der Waals surface area contributed by atoms with Crippen LogP contribution in [0.15, 0.2) is 30.3 Å². The summed E-state index contributed by atoms with van der Waals surface area (Å²) in [6, 6.07) is 3.89. The highest BCUT2D eigenvalue weighted by Gasteiger charge is 2.74. The fraction of sp³-hybridized carbons (Fsp3) is 0.647. The lowest BCUT2D eigenvalue weighted by Gasteiger charge is -2.38. The van der Waals surface area contributed by atoms with E-state index >= 15 is 0 Å². The molecule has 3 aliphatic rings. The number of nitrogens with zero attached hydrogens (tertiary/aromatic N) is 1. The summed E-state index contributed by atoms with van der Waals surface area (Å²) in [6.07, 6.45) is 1.41. The number of likely N-dealkylation sites (tertiary alicyclic amines) is 1. The summed E-state index contributed by atoms with van der Waals surface area (Å²) in [6.45, 7) is 12.4. The fourth-order valence-corrected chi connectivity index (χ4v) is 7.09. The fourth-order valence-electron chi connectivity index (χ4n) is 6.26. The van der Waals surface area contributed by atoms with Gasteiger partial charge in [-0.15, -0.1) is 23.2 Å². The molecule has 7 atom stereocenters. The molecule has 2 aliphatic carbocycles. The zero-order valence-electron chi connectivity index (χ0n) is 28.5. The van der Waals surface area contributed by atoms with Crippen LogP contribution in [0.3, 0.4) is 0 Å². The van der Waals surface area contributed by atoms with E-state index in [4.69, 9.17) is 33.7 Å². The second kappa shape index (κ2) is 13.9. The summed E-state index contributed by atoms with van der Waals surface area (Å²) in [7, 11) is 0. The van der Waals surface area contributed by atoms with Gasteiger partial charge in [0, 0.05) is 18.4 Å². The van der Waals surface area contributed by atoms with Crippen molar-refractivity contribution in [1.82, 2.24) is 20.9 Å². The highest BCUT2D eigenvalue weighted by atomic mass is 35.5. The smallest absolute Gasteiger partial charge is 0.329 e. The third kappa shape index (κ3) is 8.42. The summed E-state index contributed by atoms with van der Waals surface area (Å²) < 4.78 is 4.45. The second-order valence-corrected chi connectivity index (χ2v) is 16.9. The van der Waals surface area contributed by atoms with Gasteiger partial charge in [0.05, 0.1) is 6.04 Å². The van der Waals surface area contributed by atoms with Crippen molar-refractivity contribution < 1.29 is 33.5 Å². The zero-order valence-corrected chi connectivity index (χ0v) is 30.0. The van der Waals surface area contributed by atoms with Crippen LogP contribution in [0.5, 0.6) is 0 Å². The van der Waals surface area contributed by atoms with E-state index in [2.05, 4.69) is 16.0 Å². The van der Waals surface area contributed by atoms with Gasteiger partial charge in [0.25, 0.3) is 5.91 Å². The lowest BCUT2D eigenvalue weighted by atomic mass is 9.85. The van der Waals surface area contributed by atoms with Crippen LogP contribution in [0, 0.1) is 28.6 Å². The highest BCUT2D eigenvalue weighted by molar-refractivity contribution is 6.51. The number of carbonyl (C=O) groups is 6. The number of urea groups is 1. The lowest BCUT2D eigenvalue weighted by Crippen LogP contribution is -2.62. The third-order valence-electron chi connectivity index (χ3n) is 9.35. The van der Waals surface area contributed by atoms with Crippen molar-refractivity contribution in [2.24, 2.45) is 34.3 Å². The van der Waals surface area contributed by atoms with Gasteiger partial charge in [0.1, 0.15) is 28.6 Å². The van der Waals surface area contributed by atoms with Crippen LogP contribution in [-0.4, -0.2) is 75.5 Å². The number of carbonyl (C=O) groups excluding carboxylic acids is 6. The minimum absolute atomic E-state index is 0.0375. The van der Waals surface area contributed by atoms with Crippen LogP contribution < -0.4 is 21.7 Å². The van der Waals surface area contributed by atoms with Crippen molar-refractivity contribution in [3.8, 4) is 0 Å². The molecular formula is C34H47Cl2N5O7. The van der Waals surface area contributed by atoms with Gasteiger partial charge in [-0.25, -0.2) is 9.59 Å². The second-order valence-electron chi connectivity index (χ2n) is 15.4. The number of hydrogen-bond donors (Lipinski definition) is 4. The summed E-state index contributed by atoms with van der Waals surface area (Å²) in [5.41, 5.74) is 4.44. The molecule has 48 heavy (non-hydrogen) atoms. The first-order valence-corrected chi connectivity index (χ1v) is 17.0. The molecule has 4 rings (SSSR count). The van der Waals surface area contributed by atoms with E-state index in [1.165, 1.54) is 4.90 Å². The quantitative estimate of drug-likeness (QED) is 0.146. The molecule has 1 heterocycles. The van der Waals surface area contributed by atoms with Crippen molar-refractivity contribution in [2.75, 3.05) is 6.54 Å². The Labute approximate surface area is 291 Å². The first kappa shape index (κ1) is 37.4. The maximum absolute atomic E-state index is 14.2. The van der Waals surface area contributed by atoms with Crippen molar-refractivity contribution >= 4 is 58.7 Å². The van der Waals surface area contributed by atoms with Gasteiger partial charge >= 0.3 is 12.0 Å². The van der Waals surface area contributed by atoms with E-state index in [0.717, 1.165) is 18.4 Å². The first-order valence-electron chi connectivity index (χ1n) is 16.3. The van der Waals surface area contributed by atoms with Crippen molar-refractivity contribution in [3.05, 3.63) is 35.9 Å². The van der Waals surface area contributed by atoms with Crippen LogP contribution in [0.1, 0.15) is 79.4 Å². The Hall–Kier alpha value is -3.38. The number of piperidine rings is 1. The number of Topliss-reactive ketones (excluding diaryl/α,β-unsaturated/α-hetero) is 1. The molecule has 14 heteroatoms. The molecule has 1 saturated heterocycles. The van der Waals surface area contributed by atoms with Crippen LogP contribution in [0.4, 0.5) is 4.79 Å².